The minimum absolute atomic E-state index is 0.0108. The number of nitrogens with zero attached hydrogens (tertiary/aromatic N) is 2. The zero-order valence-corrected chi connectivity index (χ0v) is 13.0. The molecule has 0 atom stereocenters. The number of rotatable bonds is 4. The van der Waals surface area contributed by atoms with Crippen molar-refractivity contribution in [2.45, 2.75) is 18.7 Å². The van der Waals surface area contributed by atoms with Crippen LogP contribution >= 0.6 is 0 Å². The summed E-state index contributed by atoms with van der Waals surface area (Å²) in [6.07, 6.45) is 0. The first kappa shape index (κ1) is 15.7. The first-order valence-electron chi connectivity index (χ1n) is 6.48. The molecule has 22 heavy (non-hydrogen) atoms. The van der Waals surface area contributed by atoms with Crippen LogP contribution in [0.25, 0.3) is 0 Å². The minimum atomic E-state index is -4.04. The van der Waals surface area contributed by atoms with E-state index >= 15 is 0 Å². The molecule has 0 heterocycles. The third kappa shape index (κ3) is 3.71. The quantitative estimate of drug-likeness (QED) is 0.642. The van der Waals surface area contributed by atoms with Crippen molar-refractivity contribution in [3.05, 3.63) is 65.2 Å². The van der Waals surface area contributed by atoms with Gasteiger partial charge in [-0.2, -0.15) is 13.7 Å². The largest absolute Gasteiger partial charge is 0.358 e. The summed E-state index contributed by atoms with van der Waals surface area (Å²) in [5.41, 5.74) is 2.27. The van der Waals surface area contributed by atoms with Crippen LogP contribution in [0.4, 0.5) is 0 Å². The van der Waals surface area contributed by atoms with Crippen LogP contribution in [0.3, 0.4) is 0 Å². The average molecular weight is 314 g/mol. The summed E-state index contributed by atoms with van der Waals surface area (Å²) in [4.78, 5) is -0.0108. The number of aryl methyl sites for hydroxylation is 2. The Morgan fingerprint density at radius 1 is 1.09 bits per heavy atom. The molecule has 0 saturated heterocycles. The molecular weight excluding hydrogens is 300 g/mol. The summed E-state index contributed by atoms with van der Waals surface area (Å²) < 4.78 is 28.7. The van der Waals surface area contributed by atoms with Crippen molar-refractivity contribution in [3.8, 4) is 6.07 Å². The summed E-state index contributed by atoms with van der Waals surface area (Å²) in [7, 11) is -4.04. The Labute approximate surface area is 129 Å². The molecule has 0 aromatic heterocycles. The summed E-state index contributed by atoms with van der Waals surface area (Å²) in [5, 5.41) is 12.6. The zero-order valence-electron chi connectivity index (χ0n) is 12.1. The predicted octanol–water partition coefficient (Wildman–Crippen LogP) is 2.94. The summed E-state index contributed by atoms with van der Waals surface area (Å²) in [6.45, 7) is 3.71. The Hall–Kier alpha value is -2.65. The van der Waals surface area contributed by atoms with E-state index in [1.807, 2.05) is 26.0 Å². The molecule has 0 fully saturated rings. The lowest BCUT2D eigenvalue weighted by molar-refractivity contribution is 0.339. The van der Waals surface area contributed by atoms with Crippen LogP contribution in [-0.2, 0) is 14.4 Å². The van der Waals surface area contributed by atoms with Crippen LogP contribution in [0.2, 0.25) is 0 Å². The summed E-state index contributed by atoms with van der Waals surface area (Å²) >= 11 is 0. The molecule has 0 spiro atoms. The Morgan fingerprint density at radius 3 is 2.36 bits per heavy atom. The van der Waals surface area contributed by atoms with Gasteiger partial charge in [0, 0.05) is 5.56 Å². The van der Waals surface area contributed by atoms with E-state index in [9.17, 15) is 8.42 Å². The Kier molecular flexibility index (Phi) is 4.59. The maximum absolute atomic E-state index is 12.0. The zero-order chi connectivity index (χ0) is 16.2. The van der Waals surface area contributed by atoms with Crippen LogP contribution in [0, 0.1) is 25.2 Å². The number of benzene rings is 2. The molecule has 0 radical (unpaired) electrons. The highest BCUT2D eigenvalue weighted by Gasteiger charge is 2.16. The van der Waals surface area contributed by atoms with E-state index in [2.05, 4.69) is 9.44 Å². The molecule has 0 amide bonds. The minimum Gasteiger partial charge on any atom is -0.263 e. The molecule has 5 nitrogen and oxygen atoms in total. The molecule has 0 N–H and O–H groups in total. The van der Waals surface area contributed by atoms with E-state index in [4.69, 9.17) is 5.26 Å². The first-order chi connectivity index (χ1) is 10.4. The van der Waals surface area contributed by atoms with Crippen molar-refractivity contribution in [2.75, 3.05) is 0 Å². The maximum Gasteiger partial charge on any atom is 0.358 e. The van der Waals surface area contributed by atoms with Gasteiger partial charge >= 0.3 is 10.1 Å². The van der Waals surface area contributed by atoms with Crippen molar-refractivity contribution in [1.82, 2.24) is 0 Å². The van der Waals surface area contributed by atoms with Crippen molar-refractivity contribution >= 4 is 15.8 Å². The smallest absolute Gasteiger partial charge is 0.263 e. The topological polar surface area (TPSA) is 79.5 Å². The van der Waals surface area contributed by atoms with Crippen molar-refractivity contribution in [2.24, 2.45) is 5.16 Å². The van der Waals surface area contributed by atoms with Gasteiger partial charge in [-0.15, -0.1) is 0 Å². The van der Waals surface area contributed by atoms with E-state index in [1.165, 1.54) is 12.1 Å². The molecule has 0 aliphatic heterocycles. The molecule has 2 aromatic rings. The molecule has 6 heteroatoms. The number of hydrogen-bond acceptors (Lipinski definition) is 5. The third-order valence-electron chi connectivity index (χ3n) is 2.93. The van der Waals surface area contributed by atoms with Crippen LogP contribution in [0.5, 0.6) is 0 Å². The molecule has 0 unspecified atom stereocenters. The van der Waals surface area contributed by atoms with Crippen LogP contribution in [0.15, 0.2) is 58.6 Å². The van der Waals surface area contributed by atoms with Crippen LogP contribution < -0.4 is 0 Å². The molecule has 2 aromatic carbocycles. The monoisotopic (exact) mass is 314 g/mol. The fraction of sp³-hybridized carbons (Fsp3) is 0.125. The van der Waals surface area contributed by atoms with E-state index in [0.717, 1.165) is 11.1 Å². The molecule has 0 bridgehead atoms. The van der Waals surface area contributed by atoms with Gasteiger partial charge in [0.25, 0.3) is 0 Å². The van der Waals surface area contributed by atoms with Gasteiger partial charge in [-0.25, -0.2) is 0 Å². The first-order valence-corrected chi connectivity index (χ1v) is 7.88. The average Bonchev–Trinajstić information content (AvgIpc) is 2.48. The highest BCUT2D eigenvalue weighted by Crippen LogP contribution is 2.14. The molecule has 0 aliphatic rings. The number of nitriles is 1. The summed E-state index contributed by atoms with van der Waals surface area (Å²) in [5.74, 6) is 0. The summed E-state index contributed by atoms with van der Waals surface area (Å²) in [6, 6.07) is 15.0. The molecule has 2 rings (SSSR count). The lowest BCUT2D eigenvalue weighted by Crippen LogP contribution is -2.06. The van der Waals surface area contributed by atoms with E-state index < -0.39 is 10.1 Å². The third-order valence-corrected chi connectivity index (χ3v) is 4.05. The van der Waals surface area contributed by atoms with E-state index in [1.54, 1.807) is 30.3 Å². The van der Waals surface area contributed by atoms with Gasteiger partial charge in [-0.3, -0.25) is 4.28 Å². The van der Waals surface area contributed by atoms with Crippen LogP contribution in [-0.4, -0.2) is 14.1 Å². The molecule has 0 saturated carbocycles. The Bertz CT molecular complexity index is 848. The second-order valence-electron chi connectivity index (χ2n) is 4.76. The predicted molar refractivity (Wildman–Crippen MR) is 82.8 cm³/mol. The van der Waals surface area contributed by atoms with Gasteiger partial charge in [0.15, 0.2) is 5.71 Å². The van der Waals surface area contributed by atoms with Crippen molar-refractivity contribution < 1.29 is 12.7 Å². The van der Waals surface area contributed by atoms with Gasteiger partial charge in [-0.05, 0) is 32.0 Å². The highest BCUT2D eigenvalue weighted by molar-refractivity contribution is 7.86. The van der Waals surface area contributed by atoms with E-state index in [0.29, 0.717) is 5.56 Å². The lowest BCUT2D eigenvalue weighted by atomic mass is 10.1. The SMILES string of the molecule is Cc1ccc(S(=O)(=O)O/N=C(\C#N)c2cccc(C)c2)cc1. The van der Waals surface area contributed by atoms with Crippen molar-refractivity contribution in [1.29, 1.82) is 5.26 Å². The Morgan fingerprint density at radius 2 is 1.77 bits per heavy atom. The lowest BCUT2D eigenvalue weighted by Gasteiger charge is -2.03. The van der Waals surface area contributed by atoms with Gasteiger partial charge in [0.2, 0.25) is 0 Å². The van der Waals surface area contributed by atoms with E-state index in [-0.39, 0.29) is 10.6 Å². The van der Waals surface area contributed by atoms with Gasteiger partial charge < -0.3 is 0 Å². The number of hydrogen-bond donors (Lipinski definition) is 0. The number of oxime groups is 1. The second kappa shape index (κ2) is 6.41. The normalized spacial score (nSPS) is 11.8. The van der Waals surface area contributed by atoms with Gasteiger partial charge in [0.05, 0.1) is 0 Å². The molecule has 112 valence electrons. The fourth-order valence-electron chi connectivity index (χ4n) is 1.76. The Balaban J connectivity index is 2.29. The van der Waals surface area contributed by atoms with Crippen molar-refractivity contribution in [3.63, 3.8) is 0 Å². The maximum atomic E-state index is 12.0. The highest BCUT2D eigenvalue weighted by atomic mass is 32.2. The second-order valence-corrected chi connectivity index (χ2v) is 6.29. The van der Waals surface area contributed by atoms with Gasteiger partial charge in [0.1, 0.15) is 11.0 Å². The molecular formula is C16H14N2O3S. The standard InChI is InChI=1S/C16H14N2O3S/c1-12-6-8-15(9-7-12)22(19,20)21-18-16(11-17)14-5-3-4-13(2)10-14/h3-10H,1-2H3/b18-16+. The van der Waals surface area contributed by atoms with Gasteiger partial charge in [-0.1, -0.05) is 46.6 Å². The molecule has 0 aliphatic carbocycles. The fourth-order valence-corrected chi connectivity index (χ4v) is 2.49. The van der Waals surface area contributed by atoms with Crippen LogP contribution in [0.1, 0.15) is 16.7 Å².